The van der Waals surface area contributed by atoms with Gasteiger partial charge in [-0.25, -0.2) is 0 Å². The number of methoxy groups -OCH3 is 1. The van der Waals surface area contributed by atoms with Gasteiger partial charge in [0.2, 0.25) is 0 Å². The Bertz CT molecular complexity index is 628. The summed E-state index contributed by atoms with van der Waals surface area (Å²) in [6, 6.07) is 12.0. The second-order valence-electron chi connectivity index (χ2n) is 4.74. The zero-order valence-corrected chi connectivity index (χ0v) is 12.0. The highest BCUT2D eigenvalue weighted by molar-refractivity contribution is 6.32. The molecule has 3 rings (SSSR count). The fourth-order valence-corrected chi connectivity index (χ4v) is 2.59. The minimum absolute atomic E-state index is 0.611. The van der Waals surface area contributed by atoms with Gasteiger partial charge in [0.1, 0.15) is 11.5 Å². The third-order valence-electron chi connectivity index (χ3n) is 3.40. The number of halogens is 1. The van der Waals surface area contributed by atoms with Crippen LogP contribution in [0.25, 0.3) is 0 Å². The van der Waals surface area contributed by atoms with E-state index >= 15 is 0 Å². The maximum Gasteiger partial charge on any atom is 0.137 e. The summed E-state index contributed by atoms with van der Waals surface area (Å²) in [5.74, 6) is 1.70. The first-order valence-corrected chi connectivity index (χ1v) is 6.96. The van der Waals surface area contributed by atoms with E-state index in [1.54, 1.807) is 7.11 Å². The van der Waals surface area contributed by atoms with Crippen LogP contribution in [-0.2, 0) is 13.0 Å². The Kier molecular flexibility index (Phi) is 3.70. The van der Waals surface area contributed by atoms with Crippen molar-refractivity contribution >= 4 is 17.3 Å². The van der Waals surface area contributed by atoms with E-state index in [0.717, 1.165) is 31.0 Å². The van der Waals surface area contributed by atoms with Crippen molar-refractivity contribution in [3.8, 4) is 11.5 Å². The first-order valence-electron chi connectivity index (χ1n) is 6.58. The molecule has 1 aliphatic heterocycles. The molecule has 0 aliphatic carbocycles. The predicted molar refractivity (Wildman–Crippen MR) is 81.0 cm³/mol. The Morgan fingerprint density at radius 1 is 1.25 bits per heavy atom. The molecule has 0 atom stereocenters. The van der Waals surface area contributed by atoms with Crippen molar-refractivity contribution in [1.82, 2.24) is 0 Å². The standard InChI is InChI=1S/C16H16ClNO2/c1-19-16-5-3-13(9-14(16)17)18-10-11-2-4-15-12(8-11)6-7-20-15/h2-5,8-9,18H,6-7,10H2,1H3. The van der Waals surface area contributed by atoms with Crippen molar-refractivity contribution in [2.75, 3.05) is 19.0 Å². The molecule has 4 heteroatoms. The average Bonchev–Trinajstić information content (AvgIpc) is 2.92. The molecule has 3 nitrogen and oxygen atoms in total. The zero-order chi connectivity index (χ0) is 13.9. The lowest BCUT2D eigenvalue weighted by atomic mass is 10.1. The second-order valence-corrected chi connectivity index (χ2v) is 5.15. The summed E-state index contributed by atoms with van der Waals surface area (Å²) in [6.07, 6.45) is 0.998. The zero-order valence-electron chi connectivity index (χ0n) is 11.3. The molecule has 1 aliphatic rings. The number of anilines is 1. The van der Waals surface area contributed by atoms with Crippen molar-refractivity contribution in [2.24, 2.45) is 0 Å². The Balaban J connectivity index is 1.69. The van der Waals surface area contributed by atoms with Crippen LogP contribution >= 0.6 is 11.6 Å². The molecular formula is C16H16ClNO2. The van der Waals surface area contributed by atoms with Crippen LogP contribution in [-0.4, -0.2) is 13.7 Å². The van der Waals surface area contributed by atoms with Crippen LogP contribution in [0.1, 0.15) is 11.1 Å². The monoisotopic (exact) mass is 289 g/mol. The summed E-state index contributed by atoms with van der Waals surface area (Å²) in [4.78, 5) is 0. The average molecular weight is 290 g/mol. The number of ether oxygens (including phenoxy) is 2. The Hall–Kier alpha value is -1.87. The fourth-order valence-electron chi connectivity index (χ4n) is 2.33. The lowest BCUT2D eigenvalue weighted by molar-refractivity contribution is 0.357. The molecule has 0 radical (unpaired) electrons. The normalized spacial score (nSPS) is 12.7. The van der Waals surface area contributed by atoms with E-state index in [-0.39, 0.29) is 0 Å². The van der Waals surface area contributed by atoms with E-state index in [1.807, 2.05) is 24.3 Å². The Morgan fingerprint density at radius 3 is 2.95 bits per heavy atom. The molecule has 104 valence electrons. The third kappa shape index (κ3) is 2.68. The van der Waals surface area contributed by atoms with Crippen LogP contribution in [0.3, 0.4) is 0 Å². The summed E-state index contributed by atoms with van der Waals surface area (Å²) in [5.41, 5.74) is 3.51. The van der Waals surface area contributed by atoms with E-state index < -0.39 is 0 Å². The van der Waals surface area contributed by atoms with Gasteiger partial charge in [-0.3, -0.25) is 0 Å². The van der Waals surface area contributed by atoms with Gasteiger partial charge in [0.05, 0.1) is 18.7 Å². The number of hydrogen-bond acceptors (Lipinski definition) is 3. The Morgan fingerprint density at radius 2 is 2.15 bits per heavy atom. The first kappa shape index (κ1) is 13.1. The molecule has 20 heavy (non-hydrogen) atoms. The molecule has 1 N–H and O–H groups in total. The number of benzene rings is 2. The number of hydrogen-bond donors (Lipinski definition) is 1. The van der Waals surface area contributed by atoms with E-state index in [0.29, 0.717) is 10.8 Å². The van der Waals surface area contributed by atoms with Crippen molar-refractivity contribution < 1.29 is 9.47 Å². The van der Waals surface area contributed by atoms with E-state index in [1.165, 1.54) is 11.1 Å². The maximum atomic E-state index is 6.11. The van der Waals surface area contributed by atoms with Crippen LogP contribution in [0.2, 0.25) is 5.02 Å². The highest BCUT2D eigenvalue weighted by Crippen LogP contribution is 2.28. The number of nitrogens with one attached hydrogen (secondary N) is 1. The van der Waals surface area contributed by atoms with E-state index in [4.69, 9.17) is 21.1 Å². The quantitative estimate of drug-likeness (QED) is 0.926. The minimum Gasteiger partial charge on any atom is -0.495 e. The molecule has 1 heterocycles. The van der Waals surface area contributed by atoms with Crippen molar-refractivity contribution in [2.45, 2.75) is 13.0 Å². The van der Waals surface area contributed by atoms with Gasteiger partial charge in [-0.2, -0.15) is 0 Å². The molecule has 0 amide bonds. The van der Waals surface area contributed by atoms with Gasteiger partial charge in [0.25, 0.3) is 0 Å². The van der Waals surface area contributed by atoms with Gasteiger partial charge in [-0.05, 0) is 35.4 Å². The van der Waals surface area contributed by atoms with Gasteiger partial charge in [0, 0.05) is 18.7 Å². The van der Waals surface area contributed by atoms with Crippen LogP contribution in [0.4, 0.5) is 5.69 Å². The molecule has 0 bridgehead atoms. The van der Waals surface area contributed by atoms with Crippen LogP contribution in [0, 0.1) is 0 Å². The molecule has 0 unspecified atom stereocenters. The molecule has 0 fully saturated rings. The molecular weight excluding hydrogens is 274 g/mol. The SMILES string of the molecule is COc1ccc(NCc2ccc3c(c2)CCO3)cc1Cl. The molecule has 0 spiro atoms. The van der Waals surface area contributed by atoms with Gasteiger partial charge >= 0.3 is 0 Å². The largest absolute Gasteiger partial charge is 0.495 e. The highest BCUT2D eigenvalue weighted by Gasteiger charge is 2.11. The number of rotatable bonds is 4. The van der Waals surface area contributed by atoms with Crippen molar-refractivity contribution in [1.29, 1.82) is 0 Å². The summed E-state index contributed by atoms with van der Waals surface area (Å²) in [5, 5.41) is 3.97. The lowest BCUT2D eigenvalue weighted by Gasteiger charge is -2.10. The molecule has 0 saturated heterocycles. The molecule has 2 aromatic carbocycles. The molecule has 2 aromatic rings. The third-order valence-corrected chi connectivity index (χ3v) is 3.70. The molecule has 0 aromatic heterocycles. The summed E-state index contributed by atoms with van der Waals surface area (Å²) >= 11 is 6.11. The summed E-state index contributed by atoms with van der Waals surface area (Å²) in [7, 11) is 1.61. The van der Waals surface area contributed by atoms with Crippen LogP contribution < -0.4 is 14.8 Å². The summed E-state index contributed by atoms with van der Waals surface area (Å²) < 4.78 is 10.6. The Labute approximate surface area is 123 Å². The fraction of sp³-hybridized carbons (Fsp3) is 0.250. The highest BCUT2D eigenvalue weighted by atomic mass is 35.5. The van der Waals surface area contributed by atoms with E-state index in [2.05, 4.69) is 17.4 Å². The minimum atomic E-state index is 0.611. The topological polar surface area (TPSA) is 30.5 Å². The number of fused-ring (bicyclic) bond motifs is 1. The lowest BCUT2D eigenvalue weighted by Crippen LogP contribution is -2.00. The van der Waals surface area contributed by atoms with E-state index in [9.17, 15) is 0 Å². The van der Waals surface area contributed by atoms with Crippen molar-refractivity contribution in [3.63, 3.8) is 0 Å². The van der Waals surface area contributed by atoms with Gasteiger partial charge < -0.3 is 14.8 Å². The van der Waals surface area contributed by atoms with Gasteiger partial charge in [0.15, 0.2) is 0 Å². The van der Waals surface area contributed by atoms with Gasteiger partial charge in [-0.1, -0.05) is 23.7 Å². The first-order chi connectivity index (χ1) is 9.76. The van der Waals surface area contributed by atoms with Crippen LogP contribution in [0.5, 0.6) is 11.5 Å². The van der Waals surface area contributed by atoms with Crippen molar-refractivity contribution in [3.05, 3.63) is 52.5 Å². The van der Waals surface area contributed by atoms with Gasteiger partial charge in [-0.15, -0.1) is 0 Å². The smallest absolute Gasteiger partial charge is 0.137 e. The predicted octanol–water partition coefficient (Wildman–Crippen LogP) is 3.90. The summed E-state index contributed by atoms with van der Waals surface area (Å²) in [6.45, 7) is 1.55. The van der Waals surface area contributed by atoms with Crippen LogP contribution in [0.15, 0.2) is 36.4 Å². The maximum absolute atomic E-state index is 6.11. The second kappa shape index (κ2) is 5.63. The molecule has 0 saturated carbocycles.